The quantitative estimate of drug-likeness (QED) is 0.477. The monoisotopic (exact) mass is 266 g/mol. The zero-order chi connectivity index (χ0) is 13.9. The molecule has 0 rings (SSSR count). The second kappa shape index (κ2) is 5.06. The number of aliphatic carboxylic acids is 1. The molecule has 0 aromatic heterocycles. The molecule has 0 aliphatic heterocycles. The lowest BCUT2D eigenvalue weighted by molar-refractivity contribution is -0.334. The molecule has 0 bridgehead atoms. The number of alkyl halides is 6. The van der Waals surface area contributed by atoms with E-state index in [9.17, 15) is 35.9 Å². The average molecular weight is 266 g/mol. The first-order valence-corrected chi connectivity index (χ1v) is 3.68. The lowest BCUT2D eigenvalue weighted by Gasteiger charge is -2.22. The molecule has 0 saturated carbocycles. The van der Waals surface area contributed by atoms with Crippen LogP contribution in [-0.2, 0) is 14.3 Å². The van der Waals surface area contributed by atoms with Gasteiger partial charge in [0.1, 0.15) is 0 Å². The smallest absolute Gasteiger partial charge is 0.460 e. The molecule has 0 fully saturated rings. The van der Waals surface area contributed by atoms with Crippen molar-refractivity contribution in [2.45, 2.75) is 18.5 Å². The molecular formula is C7H4F6O4. The van der Waals surface area contributed by atoms with Gasteiger partial charge in [-0.3, -0.25) is 0 Å². The van der Waals surface area contributed by atoms with Gasteiger partial charge in [0.05, 0.1) is 0 Å². The molecule has 0 aromatic rings. The fourth-order valence-corrected chi connectivity index (χ4v) is 0.483. The number of carbonyl (C=O) groups is 2. The van der Waals surface area contributed by atoms with E-state index in [1.165, 1.54) is 0 Å². The standard InChI is InChI=1S/C7H4F6O4/c8-5(6(9,10)7(11,12)13)17-4(16)2-1-3(14)15/h1-2,5H,(H,14,15)/b2-1-. The van der Waals surface area contributed by atoms with Crippen molar-refractivity contribution in [1.82, 2.24) is 0 Å². The summed E-state index contributed by atoms with van der Waals surface area (Å²) in [6, 6.07) is 0. The maximum absolute atomic E-state index is 12.4. The summed E-state index contributed by atoms with van der Waals surface area (Å²) in [7, 11) is 0. The summed E-state index contributed by atoms with van der Waals surface area (Å²) in [6.45, 7) is 0. The van der Waals surface area contributed by atoms with Crippen molar-refractivity contribution >= 4 is 11.9 Å². The van der Waals surface area contributed by atoms with E-state index in [2.05, 4.69) is 4.74 Å². The minimum Gasteiger partial charge on any atom is -0.478 e. The molecule has 0 aromatic carbocycles. The van der Waals surface area contributed by atoms with Crippen LogP contribution in [0.3, 0.4) is 0 Å². The zero-order valence-corrected chi connectivity index (χ0v) is 7.67. The van der Waals surface area contributed by atoms with E-state index < -0.39 is 30.4 Å². The predicted octanol–water partition coefficient (Wildman–Crippen LogP) is 1.66. The molecule has 0 heterocycles. The summed E-state index contributed by atoms with van der Waals surface area (Å²) in [5.74, 6) is -9.55. The largest absolute Gasteiger partial charge is 0.478 e. The van der Waals surface area contributed by atoms with Crippen molar-refractivity contribution in [3.63, 3.8) is 0 Å². The molecule has 0 aliphatic rings. The maximum Gasteiger partial charge on any atom is 0.460 e. The first-order valence-electron chi connectivity index (χ1n) is 3.68. The molecule has 98 valence electrons. The van der Waals surface area contributed by atoms with Gasteiger partial charge in [-0.2, -0.15) is 26.3 Å². The van der Waals surface area contributed by atoms with E-state index in [4.69, 9.17) is 5.11 Å². The Bertz CT molecular complexity index is 334. The zero-order valence-electron chi connectivity index (χ0n) is 7.67. The number of halogens is 6. The van der Waals surface area contributed by atoms with Crippen LogP contribution in [0.15, 0.2) is 12.2 Å². The normalized spacial score (nSPS) is 14.7. The third-order valence-electron chi connectivity index (χ3n) is 1.24. The molecule has 0 spiro atoms. The third kappa shape index (κ3) is 4.33. The van der Waals surface area contributed by atoms with Crippen molar-refractivity contribution in [2.75, 3.05) is 0 Å². The van der Waals surface area contributed by atoms with Gasteiger partial charge < -0.3 is 9.84 Å². The summed E-state index contributed by atoms with van der Waals surface area (Å²) in [6.07, 6.45) is -10.4. The highest BCUT2D eigenvalue weighted by atomic mass is 19.4. The Morgan fingerprint density at radius 2 is 1.59 bits per heavy atom. The molecule has 0 aliphatic carbocycles. The molecule has 1 N–H and O–H groups in total. The molecule has 10 heteroatoms. The summed E-state index contributed by atoms with van der Waals surface area (Å²) >= 11 is 0. The van der Waals surface area contributed by atoms with E-state index in [0.29, 0.717) is 0 Å². The molecule has 17 heavy (non-hydrogen) atoms. The van der Waals surface area contributed by atoms with Gasteiger partial charge in [0.25, 0.3) is 0 Å². The lowest BCUT2D eigenvalue weighted by atomic mass is 10.3. The number of ether oxygens (including phenoxy) is 1. The van der Waals surface area contributed by atoms with Crippen molar-refractivity contribution in [3.05, 3.63) is 12.2 Å². The number of carboxylic acids is 1. The van der Waals surface area contributed by atoms with Crippen molar-refractivity contribution in [3.8, 4) is 0 Å². The van der Waals surface area contributed by atoms with E-state index in [1.807, 2.05) is 0 Å². The Labute approximate surface area is 89.5 Å². The van der Waals surface area contributed by atoms with Gasteiger partial charge in [-0.05, 0) is 0 Å². The van der Waals surface area contributed by atoms with E-state index in [0.717, 1.165) is 0 Å². The Morgan fingerprint density at radius 1 is 1.12 bits per heavy atom. The first-order chi connectivity index (χ1) is 7.48. The fraction of sp³-hybridized carbons (Fsp3) is 0.429. The number of carbonyl (C=O) groups excluding carboxylic acids is 1. The van der Waals surface area contributed by atoms with Gasteiger partial charge in [0.2, 0.25) is 0 Å². The van der Waals surface area contributed by atoms with Crippen LogP contribution >= 0.6 is 0 Å². The second-order valence-electron chi connectivity index (χ2n) is 2.55. The van der Waals surface area contributed by atoms with Crippen LogP contribution in [-0.4, -0.2) is 35.5 Å². The predicted molar refractivity (Wildman–Crippen MR) is 38.8 cm³/mol. The SMILES string of the molecule is O=C(O)/C=C\C(=O)OC(F)C(F)(F)C(F)(F)F. The van der Waals surface area contributed by atoms with E-state index >= 15 is 0 Å². The molecule has 0 radical (unpaired) electrons. The number of hydrogen-bond donors (Lipinski definition) is 1. The molecule has 1 unspecified atom stereocenters. The molecular weight excluding hydrogens is 262 g/mol. The minimum atomic E-state index is -6.23. The van der Waals surface area contributed by atoms with Gasteiger partial charge in [-0.1, -0.05) is 0 Å². The van der Waals surface area contributed by atoms with Gasteiger partial charge in [-0.15, -0.1) is 0 Å². The van der Waals surface area contributed by atoms with Gasteiger partial charge in [0, 0.05) is 12.2 Å². The lowest BCUT2D eigenvalue weighted by Crippen LogP contribution is -2.46. The minimum absolute atomic E-state index is 0.0125. The Kier molecular flexibility index (Phi) is 4.54. The van der Waals surface area contributed by atoms with Gasteiger partial charge in [0.15, 0.2) is 0 Å². The van der Waals surface area contributed by atoms with Crippen LogP contribution in [0.5, 0.6) is 0 Å². The van der Waals surface area contributed by atoms with Gasteiger partial charge in [-0.25, -0.2) is 9.59 Å². The van der Waals surface area contributed by atoms with E-state index in [1.54, 1.807) is 0 Å². The average Bonchev–Trinajstić information content (AvgIpc) is 2.12. The molecule has 0 saturated heterocycles. The Hall–Kier alpha value is -1.74. The fourth-order valence-electron chi connectivity index (χ4n) is 0.483. The highest BCUT2D eigenvalue weighted by molar-refractivity contribution is 5.90. The summed E-state index contributed by atoms with van der Waals surface area (Å²) in [5, 5.41) is 7.97. The molecule has 1 atom stereocenters. The van der Waals surface area contributed by atoms with E-state index in [-0.39, 0.29) is 12.2 Å². The number of esters is 1. The summed E-state index contributed by atoms with van der Waals surface area (Å²) < 4.78 is 74.4. The first kappa shape index (κ1) is 15.3. The number of rotatable bonds is 4. The van der Waals surface area contributed by atoms with Crippen LogP contribution in [0.25, 0.3) is 0 Å². The number of carboxylic acid groups (broad SMARTS) is 1. The van der Waals surface area contributed by atoms with Crippen LogP contribution < -0.4 is 0 Å². The van der Waals surface area contributed by atoms with Crippen LogP contribution in [0.1, 0.15) is 0 Å². The summed E-state index contributed by atoms with van der Waals surface area (Å²) in [5.41, 5.74) is 0. The highest BCUT2D eigenvalue weighted by Gasteiger charge is 2.65. The number of hydrogen-bond acceptors (Lipinski definition) is 3. The molecule has 0 amide bonds. The highest BCUT2D eigenvalue weighted by Crippen LogP contribution is 2.39. The van der Waals surface area contributed by atoms with Crippen LogP contribution in [0, 0.1) is 0 Å². The molecule has 4 nitrogen and oxygen atoms in total. The Morgan fingerprint density at radius 3 is 1.94 bits per heavy atom. The van der Waals surface area contributed by atoms with Crippen molar-refractivity contribution < 1.29 is 45.8 Å². The summed E-state index contributed by atoms with van der Waals surface area (Å²) in [4.78, 5) is 20.2. The van der Waals surface area contributed by atoms with Crippen LogP contribution in [0.4, 0.5) is 26.3 Å². The van der Waals surface area contributed by atoms with Crippen LogP contribution in [0.2, 0.25) is 0 Å². The third-order valence-corrected chi connectivity index (χ3v) is 1.24. The maximum atomic E-state index is 12.4. The van der Waals surface area contributed by atoms with Crippen molar-refractivity contribution in [1.29, 1.82) is 0 Å². The topological polar surface area (TPSA) is 63.6 Å². The second-order valence-corrected chi connectivity index (χ2v) is 2.55. The Balaban J connectivity index is 4.61. The van der Waals surface area contributed by atoms with Crippen molar-refractivity contribution in [2.24, 2.45) is 0 Å². The van der Waals surface area contributed by atoms with Gasteiger partial charge >= 0.3 is 30.4 Å².